The highest BCUT2D eigenvalue weighted by atomic mass is 32.1. The van der Waals surface area contributed by atoms with Crippen LogP contribution in [0.3, 0.4) is 0 Å². The number of carboxylic acid groups (broad SMARTS) is 1. The number of hydrogen-bond donors (Lipinski definition) is 2. The Morgan fingerprint density at radius 3 is 2.56 bits per heavy atom. The zero-order valence-electron chi connectivity index (χ0n) is 13.7. The molecule has 0 bridgehead atoms. The molecular weight excluding hydrogens is 353 g/mol. The third kappa shape index (κ3) is 3.25. The zero-order valence-corrected chi connectivity index (χ0v) is 14.5. The maximum absolute atomic E-state index is 13.0. The first-order valence-electron chi connectivity index (χ1n) is 7.78. The number of rotatable bonds is 2. The molecule has 0 spiro atoms. The summed E-state index contributed by atoms with van der Waals surface area (Å²) in [6.45, 7) is 4.08. The molecule has 2 N–H and O–H groups in total. The van der Waals surface area contributed by atoms with Crippen molar-refractivity contribution in [2.75, 3.05) is 0 Å². The molecule has 2 aromatic rings. The molecule has 0 radical (unpaired) electrons. The van der Waals surface area contributed by atoms with Gasteiger partial charge in [-0.05, 0) is 48.4 Å². The van der Waals surface area contributed by atoms with E-state index in [-0.39, 0.29) is 27.2 Å². The first-order chi connectivity index (χ1) is 11.5. The number of benzene rings is 1. The van der Waals surface area contributed by atoms with Crippen molar-refractivity contribution in [2.45, 2.75) is 39.3 Å². The van der Waals surface area contributed by atoms with Crippen molar-refractivity contribution in [1.29, 1.82) is 0 Å². The highest BCUT2D eigenvalue weighted by molar-refractivity contribution is 7.16. The monoisotopic (exact) mass is 370 g/mol. The SMILES string of the molecule is CC1(C)CCc2sc(-c3cc(C(F)(F)F)ccc3O)c(C(=O)O)c2C1. The summed E-state index contributed by atoms with van der Waals surface area (Å²) in [5.74, 6) is -1.53. The van der Waals surface area contributed by atoms with Crippen LogP contribution in [-0.2, 0) is 19.0 Å². The summed E-state index contributed by atoms with van der Waals surface area (Å²) in [5.41, 5.74) is -0.360. The first kappa shape index (κ1) is 17.8. The minimum atomic E-state index is -4.56. The molecule has 3 rings (SSSR count). The number of halogens is 3. The molecule has 1 heterocycles. The van der Waals surface area contributed by atoms with Gasteiger partial charge in [0.05, 0.1) is 16.0 Å². The van der Waals surface area contributed by atoms with Crippen LogP contribution in [0, 0.1) is 5.41 Å². The number of alkyl halides is 3. The van der Waals surface area contributed by atoms with E-state index in [0.717, 1.165) is 29.5 Å². The van der Waals surface area contributed by atoms with Gasteiger partial charge >= 0.3 is 12.1 Å². The Hall–Kier alpha value is -2.02. The molecule has 7 heteroatoms. The zero-order chi connectivity index (χ0) is 18.6. The van der Waals surface area contributed by atoms with Gasteiger partial charge in [0.1, 0.15) is 5.75 Å². The standard InChI is InChI=1S/C18H17F3O3S/c1-17(2)6-5-13-11(8-17)14(16(23)24)15(25-13)10-7-9(18(19,20)21)3-4-12(10)22/h3-4,7,22H,5-6,8H2,1-2H3,(H,23,24). The number of phenolic OH excluding ortho intramolecular Hbond substituents is 1. The Morgan fingerprint density at radius 1 is 1.28 bits per heavy atom. The van der Waals surface area contributed by atoms with Crippen LogP contribution in [0.4, 0.5) is 13.2 Å². The van der Waals surface area contributed by atoms with Crippen LogP contribution in [0.15, 0.2) is 18.2 Å². The maximum atomic E-state index is 13.0. The molecule has 1 aromatic heterocycles. The fraction of sp³-hybridized carbons (Fsp3) is 0.389. The van der Waals surface area contributed by atoms with E-state index in [1.807, 2.05) is 13.8 Å². The van der Waals surface area contributed by atoms with Crippen LogP contribution in [0.1, 0.15) is 46.6 Å². The minimum absolute atomic E-state index is 0.0161. The maximum Gasteiger partial charge on any atom is 0.416 e. The van der Waals surface area contributed by atoms with Gasteiger partial charge in [0.15, 0.2) is 0 Å². The number of hydrogen-bond acceptors (Lipinski definition) is 3. The molecule has 0 atom stereocenters. The van der Waals surface area contributed by atoms with E-state index in [0.29, 0.717) is 18.4 Å². The van der Waals surface area contributed by atoms with Crippen molar-refractivity contribution < 1.29 is 28.2 Å². The molecule has 0 fully saturated rings. The molecule has 134 valence electrons. The van der Waals surface area contributed by atoms with Crippen molar-refractivity contribution in [3.05, 3.63) is 39.8 Å². The molecule has 0 unspecified atom stereocenters. The molecule has 0 amide bonds. The molecule has 1 aliphatic carbocycles. The van der Waals surface area contributed by atoms with Gasteiger partial charge in [-0.25, -0.2) is 4.79 Å². The van der Waals surface area contributed by atoms with Crippen molar-refractivity contribution >= 4 is 17.3 Å². The lowest BCUT2D eigenvalue weighted by atomic mass is 9.76. The van der Waals surface area contributed by atoms with Gasteiger partial charge in [-0.15, -0.1) is 11.3 Å². The van der Waals surface area contributed by atoms with Crippen LogP contribution in [0.5, 0.6) is 5.75 Å². The Balaban J connectivity index is 2.22. The van der Waals surface area contributed by atoms with Crippen LogP contribution in [-0.4, -0.2) is 16.2 Å². The highest BCUT2D eigenvalue weighted by Crippen LogP contribution is 2.47. The Labute approximate surface area is 146 Å². The number of fused-ring (bicyclic) bond motifs is 1. The van der Waals surface area contributed by atoms with Crippen LogP contribution < -0.4 is 0 Å². The normalized spacial score (nSPS) is 16.5. The van der Waals surface area contributed by atoms with E-state index in [9.17, 15) is 28.2 Å². The van der Waals surface area contributed by atoms with Crippen LogP contribution in [0.25, 0.3) is 10.4 Å². The molecule has 1 aliphatic rings. The summed E-state index contributed by atoms with van der Waals surface area (Å²) in [7, 11) is 0. The van der Waals surface area contributed by atoms with Crippen molar-refractivity contribution in [1.82, 2.24) is 0 Å². The van der Waals surface area contributed by atoms with E-state index in [4.69, 9.17) is 0 Å². The van der Waals surface area contributed by atoms with Gasteiger partial charge in [-0.3, -0.25) is 0 Å². The topological polar surface area (TPSA) is 57.5 Å². The van der Waals surface area contributed by atoms with Gasteiger partial charge in [0, 0.05) is 10.4 Å². The number of phenols is 1. The smallest absolute Gasteiger partial charge is 0.416 e. The van der Waals surface area contributed by atoms with E-state index in [2.05, 4.69) is 0 Å². The fourth-order valence-corrected chi connectivity index (χ4v) is 4.56. The second kappa shape index (κ2) is 5.76. The summed E-state index contributed by atoms with van der Waals surface area (Å²) in [4.78, 5) is 12.9. The Kier molecular flexibility index (Phi) is 4.10. The third-order valence-corrected chi connectivity index (χ3v) is 5.88. The minimum Gasteiger partial charge on any atom is -0.507 e. The second-order valence-corrected chi connectivity index (χ2v) is 8.19. The fourth-order valence-electron chi connectivity index (χ4n) is 3.23. The average Bonchev–Trinajstić information content (AvgIpc) is 2.83. The van der Waals surface area contributed by atoms with Crippen molar-refractivity contribution in [2.24, 2.45) is 5.41 Å². The van der Waals surface area contributed by atoms with E-state index < -0.39 is 17.7 Å². The first-order valence-corrected chi connectivity index (χ1v) is 8.60. The van der Waals surface area contributed by atoms with Gasteiger partial charge < -0.3 is 10.2 Å². The predicted octanol–water partition coefficient (Wildman–Crippen LogP) is 5.35. The lowest BCUT2D eigenvalue weighted by molar-refractivity contribution is -0.137. The van der Waals surface area contributed by atoms with E-state index in [1.165, 1.54) is 11.3 Å². The van der Waals surface area contributed by atoms with Gasteiger partial charge in [-0.2, -0.15) is 13.2 Å². The summed E-state index contributed by atoms with van der Waals surface area (Å²) in [5, 5.41) is 19.7. The number of aromatic hydroxyl groups is 1. The summed E-state index contributed by atoms with van der Waals surface area (Å²) < 4.78 is 39.0. The number of aryl methyl sites for hydroxylation is 1. The summed E-state index contributed by atoms with van der Waals surface area (Å²) >= 11 is 1.17. The molecule has 3 nitrogen and oxygen atoms in total. The number of carbonyl (C=O) groups is 1. The summed E-state index contributed by atoms with van der Waals surface area (Å²) in [6, 6.07) is 2.58. The van der Waals surface area contributed by atoms with Crippen LogP contribution in [0.2, 0.25) is 0 Å². The van der Waals surface area contributed by atoms with Gasteiger partial charge in [0.2, 0.25) is 0 Å². The van der Waals surface area contributed by atoms with Crippen molar-refractivity contribution in [3.63, 3.8) is 0 Å². The number of aromatic carboxylic acids is 1. The molecular formula is C18H17F3O3S. The molecule has 25 heavy (non-hydrogen) atoms. The Bertz CT molecular complexity index is 850. The number of thiophene rings is 1. The van der Waals surface area contributed by atoms with Crippen LogP contribution >= 0.6 is 11.3 Å². The molecule has 0 aliphatic heterocycles. The molecule has 0 saturated carbocycles. The van der Waals surface area contributed by atoms with E-state index >= 15 is 0 Å². The largest absolute Gasteiger partial charge is 0.507 e. The van der Waals surface area contributed by atoms with Gasteiger partial charge in [-0.1, -0.05) is 13.8 Å². The quantitative estimate of drug-likeness (QED) is 0.749. The lowest BCUT2D eigenvalue weighted by Gasteiger charge is -2.29. The third-order valence-electron chi connectivity index (χ3n) is 4.56. The predicted molar refractivity (Wildman–Crippen MR) is 89.2 cm³/mol. The molecule has 0 saturated heterocycles. The average molecular weight is 370 g/mol. The lowest BCUT2D eigenvalue weighted by Crippen LogP contribution is -2.22. The van der Waals surface area contributed by atoms with Crippen molar-refractivity contribution in [3.8, 4) is 16.2 Å². The van der Waals surface area contributed by atoms with Gasteiger partial charge in [0.25, 0.3) is 0 Å². The number of carboxylic acids is 1. The second-order valence-electron chi connectivity index (χ2n) is 7.08. The highest BCUT2D eigenvalue weighted by Gasteiger charge is 2.35. The Morgan fingerprint density at radius 2 is 1.96 bits per heavy atom. The summed E-state index contributed by atoms with van der Waals surface area (Å²) in [6.07, 6.45) is -2.44. The molecule has 1 aromatic carbocycles. The van der Waals surface area contributed by atoms with E-state index in [1.54, 1.807) is 0 Å².